The van der Waals surface area contributed by atoms with Gasteiger partial charge in [0, 0.05) is 11.1 Å². The van der Waals surface area contributed by atoms with Gasteiger partial charge in [-0.15, -0.1) is 21.9 Å². The van der Waals surface area contributed by atoms with Crippen LogP contribution in [0.25, 0.3) is 0 Å². The van der Waals surface area contributed by atoms with Gasteiger partial charge in [-0.05, 0) is 13.8 Å². The Morgan fingerprint density at radius 2 is 0.378 bits per heavy atom. The van der Waals surface area contributed by atoms with E-state index < -0.39 is 144 Å². The van der Waals surface area contributed by atoms with Crippen molar-refractivity contribution in [1.82, 2.24) is 0 Å². The first kappa shape index (κ1) is 33.6. The van der Waals surface area contributed by atoms with E-state index in [1.54, 1.807) is 0 Å². The number of rotatable bonds is 4. The maximum absolute atomic E-state index is 15.8. The molecule has 0 fully saturated rings. The van der Waals surface area contributed by atoms with Crippen LogP contribution in [0.1, 0.15) is 11.1 Å². The summed E-state index contributed by atoms with van der Waals surface area (Å²) in [6.07, 6.45) is -6.81. The van der Waals surface area contributed by atoms with Crippen molar-refractivity contribution in [3.05, 3.63) is 116 Å². The molecule has 0 nitrogen and oxygen atoms in total. The van der Waals surface area contributed by atoms with Crippen molar-refractivity contribution >= 4 is 28.0 Å². The van der Waals surface area contributed by atoms with E-state index in [2.05, 4.69) is 0 Å². The molecule has 0 saturated heterocycles. The normalized spacial score (nSPS) is 12.0. The summed E-state index contributed by atoms with van der Waals surface area (Å²) in [6, 6.07) is 0. The van der Waals surface area contributed by atoms with E-state index in [0.717, 1.165) is 0 Å². The summed E-state index contributed by atoms with van der Waals surface area (Å²) in [7, 11) is 0. The van der Waals surface area contributed by atoms with Crippen LogP contribution >= 0.6 is 0 Å². The third-order valence-electron chi connectivity index (χ3n) is 7.25. The summed E-state index contributed by atoms with van der Waals surface area (Å²) in [5, 5.41) is 0. The number of benzene rings is 4. The van der Waals surface area contributed by atoms with Crippen LogP contribution in [0.3, 0.4) is 0 Å². The van der Waals surface area contributed by atoms with Crippen LogP contribution in [-0.2, 0) is 0 Å². The summed E-state index contributed by atoms with van der Waals surface area (Å²) in [5.74, 6) is -57.9. The first-order valence-electron chi connectivity index (χ1n) is 11.6. The fourth-order valence-corrected chi connectivity index (χ4v) is 5.16. The standard InChI is InChI=1S/C26H6BF18/c1-3-9(28)5(15(34)20(39)12(3)31)27(6-13(32)10(29)4(2)11(30)14(6)33,7-16(35)21(40)25(44)22(41)17(7)36)8-18(37)23(42)26(45)24(43)19(8)38/h1-2H3/q-1. The fraction of sp³-hybridized carbons (Fsp3) is 0.0769. The lowest BCUT2D eigenvalue weighted by molar-refractivity contribution is 0.381. The lowest BCUT2D eigenvalue weighted by atomic mass is 9.12. The summed E-state index contributed by atoms with van der Waals surface area (Å²) in [6.45, 7) is 0.284. The van der Waals surface area contributed by atoms with Crippen molar-refractivity contribution in [2.75, 3.05) is 0 Å². The predicted molar refractivity (Wildman–Crippen MR) is 119 cm³/mol. The van der Waals surface area contributed by atoms with Crippen molar-refractivity contribution in [2.24, 2.45) is 0 Å². The molecule has 0 N–H and O–H groups in total. The highest BCUT2D eigenvalue weighted by atomic mass is 19.2. The fourth-order valence-electron chi connectivity index (χ4n) is 5.16. The van der Waals surface area contributed by atoms with Gasteiger partial charge >= 0.3 is 0 Å². The van der Waals surface area contributed by atoms with Crippen molar-refractivity contribution < 1.29 is 79.0 Å². The summed E-state index contributed by atoms with van der Waals surface area (Å²) in [5.41, 5.74) is -16.6. The predicted octanol–water partition coefficient (Wildman–Crippen LogP) is 6.18. The summed E-state index contributed by atoms with van der Waals surface area (Å²) >= 11 is 0. The maximum atomic E-state index is 15.8. The van der Waals surface area contributed by atoms with Crippen LogP contribution < -0.4 is 21.9 Å². The molecule has 0 saturated carbocycles. The van der Waals surface area contributed by atoms with Gasteiger partial charge in [0.15, 0.2) is 58.2 Å². The molecule has 0 amide bonds. The molecule has 0 aliphatic carbocycles. The van der Waals surface area contributed by atoms with E-state index in [0.29, 0.717) is 0 Å². The Labute approximate surface area is 237 Å². The minimum Gasteiger partial charge on any atom is -0.210 e. The van der Waals surface area contributed by atoms with Crippen LogP contribution in [0.5, 0.6) is 0 Å². The number of halogens is 18. The Kier molecular flexibility index (Phi) is 8.16. The van der Waals surface area contributed by atoms with Crippen LogP contribution in [0.2, 0.25) is 0 Å². The highest BCUT2D eigenvalue weighted by molar-refractivity contribution is 7.20. The molecule has 0 radical (unpaired) electrons. The highest BCUT2D eigenvalue weighted by Gasteiger charge is 2.51. The molecule has 4 aromatic rings. The number of hydrogen-bond donors (Lipinski definition) is 0. The molecule has 240 valence electrons. The average Bonchev–Trinajstić information content (AvgIpc) is 3.00. The molecular formula is C26H6BF18-. The Bertz CT molecular complexity index is 1570. The van der Waals surface area contributed by atoms with Crippen molar-refractivity contribution in [3.8, 4) is 0 Å². The SMILES string of the molecule is Cc1c(F)c(F)c([B-](c2c(F)c(C)c(F)c(F)c2F)(c2c(F)c(F)c(F)c(F)c2F)c2c(F)c(F)c(F)c(F)c2F)c(F)c1F. The van der Waals surface area contributed by atoms with Gasteiger partial charge in [0.2, 0.25) is 0 Å². The zero-order valence-corrected chi connectivity index (χ0v) is 21.4. The zero-order chi connectivity index (χ0) is 34.4. The summed E-state index contributed by atoms with van der Waals surface area (Å²) < 4.78 is 270. The van der Waals surface area contributed by atoms with Gasteiger partial charge in [-0.25, -0.2) is 79.0 Å². The monoisotopic (exact) mass is 671 g/mol. The highest BCUT2D eigenvalue weighted by Crippen LogP contribution is 2.30. The lowest BCUT2D eigenvalue weighted by Gasteiger charge is -2.45. The van der Waals surface area contributed by atoms with Crippen LogP contribution in [0.4, 0.5) is 79.0 Å². The second-order valence-electron chi connectivity index (χ2n) is 9.42. The molecular weight excluding hydrogens is 665 g/mol. The Morgan fingerprint density at radius 1 is 0.222 bits per heavy atom. The van der Waals surface area contributed by atoms with E-state index in [1.165, 1.54) is 0 Å². The van der Waals surface area contributed by atoms with Gasteiger partial charge < -0.3 is 0 Å². The van der Waals surface area contributed by atoms with Crippen molar-refractivity contribution in [3.63, 3.8) is 0 Å². The van der Waals surface area contributed by atoms with Gasteiger partial charge in [0.05, 0.1) is 5.82 Å². The maximum Gasteiger partial charge on any atom is 0.200 e. The molecule has 4 aromatic carbocycles. The van der Waals surface area contributed by atoms with Crippen LogP contribution in [0, 0.1) is 119 Å². The van der Waals surface area contributed by atoms with Gasteiger partial charge in [0.1, 0.15) is 46.9 Å². The molecule has 0 aliphatic heterocycles. The number of hydrogen-bond acceptors (Lipinski definition) is 0. The molecule has 0 heterocycles. The van der Waals surface area contributed by atoms with E-state index >= 15 is 35.1 Å². The molecule has 45 heavy (non-hydrogen) atoms. The minimum atomic E-state index is -6.81. The molecule has 0 aliphatic rings. The summed E-state index contributed by atoms with van der Waals surface area (Å²) in [4.78, 5) is 0. The van der Waals surface area contributed by atoms with Crippen LogP contribution in [-0.4, -0.2) is 6.15 Å². The van der Waals surface area contributed by atoms with E-state index in [9.17, 15) is 43.9 Å². The average molecular weight is 671 g/mol. The quantitative estimate of drug-likeness (QED) is 0.105. The Morgan fingerprint density at radius 3 is 0.667 bits per heavy atom. The van der Waals surface area contributed by atoms with E-state index in [-0.39, 0.29) is 13.8 Å². The third-order valence-corrected chi connectivity index (χ3v) is 7.25. The molecule has 19 heteroatoms. The topological polar surface area (TPSA) is 0 Å². The first-order valence-corrected chi connectivity index (χ1v) is 11.6. The zero-order valence-electron chi connectivity index (χ0n) is 21.4. The minimum absolute atomic E-state index is 0.0810. The van der Waals surface area contributed by atoms with Gasteiger partial charge in [-0.2, -0.15) is 0 Å². The second-order valence-corrected chi connectivity index (χ2v) is 9.42. The van der Waals surface area contributed by atoms with Crippen molar-refractivity contribution in [1.29, 1.82) is 0 Å². The molecule has 0 bridgehead atoms. The van der Waals surface area contributed by atoms with Crippen molar-refractivity contribution in [2.45, 2.75) is 13.8 Å². The van der Waals surface area contributed by atoms with Gasteiger partial charge in [-0.1, -0.05) is 0 Å². The third kappa shape index (κ3) is 4.21. The molecule has 4 rings (SSSR count). The second kappa shape index (κ2) is 10.9. The Balaban J connectivity index is 2.69. The van der Waals surface area contributed by atoms with Gasteiger partial charge in [0.25, 0.3) is 0 Å². The van der Waals surface area contributed by atoms with E-state index in [1.807, 2.05) is 0 Å². The van der Waals surface area contributed by atoms with E-state index in [4.69, 9.17) is 0 Å². The van der Waals surface area contributed by atoms with Crippen LogP contribution in [0.15, 0.2) is 0 Å². The molecule has 0 aromatic heterocycles. The molecule has 0 unspecified atom stereocenters. The smallest absolute Gasteiger partial charge is 0.200 e. The molecule has 0 spiro atoms. The Hall–Kier alpha value is -4.32. The van der Waals surface area contributed by atoms with Gasteiger partial charge in [-0.3, -0.25) is 0 Å². The molecule has 0 atom stereocenters. The first-order chi connectivity index (χ1) is 20.7. The lowest BCUT2D eigenvalue weighted by Crippen LogP contribution is -2.81. The largest absolute Gasteiger partial charge is 0.210 e.